The number of hydrogen-bond donors (Lipinski definition) is 0. The van der Waals surface area contributed by atoms with Crippen LogP contribution in [-0.2, 0) is 14.8 Å². The van der Waals surface area contributed by atoms with Gasteiger partial charge in [-0.3, -0.25) is 9.69 Å². The summed E-state index contributed by atoms with van der Waals surface area (Å²) in [5.74, 6) is -2.22. The number of carbonyl (C=O) groups excluding carboxylic acids is 1. The monoisotopic (exact) mass is 415 g/mol. The third-order valence-corrected chi connectivity index (χ3v) is 8.02. The Morgan fingerprint density at radius 2 is 1.75 bits per heavy atom. The zero-order chi connectivity index (χ0) is 20.7. The van der Waals surface area contributed by atoms with Gasteiger partial charge in [0, 0.05) is 27.2 Å². The molecule has 0 radical (unpaired) electrons. The summed E-state index contributed by atoms with van der Waals surface area (Å²) in [5.41, 5.74) is -0.269. The van der Waals surface area contributed by atoms with Crippen LogP contribution in [0.4, 0.5) is 8.78 Å². The standard InChI is InChI=1S/C19H27F2N3O3S/c1-22(2)18(25)17-19(7-4-10-23(17)3)8-11-24(12-9-19)28(26,27)14-5-6-15(20)16(21)13-14/h5-6,13,17H,4,7-12H2,1-3H3. The first-order valence-electron chi connectivity index (χ1n) is 9.45. The number of carbonyl (C=O) groups is 1. The lowest BCUT2D eigenvalue weighted by Crippen LogP contribution is -2.61. The molecule has 2 aliphatic heterocycles. The van der Waals surface area contributed by atoms with Crippen LogP contribution in [0.3, 0.4) is 0 Å². The molecule has 1 unspecified atom stereocenters. The number of halogens is 2. The maximum absolute atomic E-state index is 13.5. The Hall–Kier alpha value is -1.58. The lowest BCUT2D eigenvalue weighted by atomic mass is 9.67. The molecular weight excluding hydrogens is 388 g/mol. The summed E-state index contributed by atoms with van der Waals surface area (Å²) in [4.78, 5) is 16.3. The molecule has 156 valence electrons. The third-order valence-electron chi connectivity index (χ3n) is 6.13. The van der Waals surface area contributed by atoms with E-state index in [0.29, 0.717) is 12.8 Å². The van der Waals surface area contributed by atoms with E-state index in [1.807, 2.05) is 7.05 Å². The predicted molar refractivity (Wildman–Crippen MR) is 101 cm³/mol. The van der Waals surface area contributed by atoms with Crippen molar-refractivity contribution in [1.82, 2.24) is 14.1 Å². The van der Waals surface area contributed by atoms with Gasteiger partial charge in [-0.2, -0.15) is 4.31 Å². The number of likely N-dealkylation sites (N-methyl/N-ethyl adjacent to an activating group) is 2. The Bertz CT molecular complexity index is 852. The van der Waals surface area contributed by atoms with E-state index in [4.69, 9.17) is 0 Å². The minimum Gasteiger partial charge on any atom is -0.347 e. The van der Waals surface area contributed by atoms with E-state index >= 15 is 0 Å². The van der Waals surface area contributed by atoms with Crippen LogP contribution in [0.1, 0.15) is 25.7 Å². The molecule has 0 bridgehead atoms. The minimum absolute atomic E-state index is 0.0408. The highest BCUT2D eigenvalue weighted by Crippen LogP contribution is 2.45. The van der Waals surface area contributed by atoms with Gasteiger partial charge in [-0.05, 0) is 62.9 Å². The second-order valence-electron chi connectivity index (χ2n) is 8.06. The molecule has 0 saturated carbocycles. The molecule has 1 amide bonds. The zero-order valence-electron chi connectivity index (χ0n) is 16.5. The summed E-state index contributed by atoms with van der Waals surface area (Å²) in [6, 6.07) is 2.37. The van der Waals surface area contributed by atoms with Gasteiger partial charge in [-0.15, -0.1) is 0 Å². The highest BCUT2D eigenvalue weighted by atomic mass is 32.2. The number of rotatable bonds is 3. The normalized spacial score (nSPS) is 23.7. The number of amides is 1. The number of piperidine rings is 2. The van der Waals surface area contributed by atoms with Crippen LogP contribution >= 0.6 is 0 Å². The Labute approximate surface area is 165 Å². The van der Waals surface area contributed by atoms with Crippen molar-refractivity contribution in [1.29, 1.82) is 0 Å². The summed E-state index contributed by atoms with van der Waals surface area (Å²) in [6.45, 7) is 1.35. The maximum atomic E-state index is 13.5. The van der Waals surface area contributed by atoms with Gasteiger partial charge in [-0.25, -0.2) is 17.2 Å². The molecule has 2 saturated heterocycles. The predicted octanol–water partition coefficient (Wildman–Crippen LogP) is 1.92. The highest BCUT2D eigenvalue weighted by Gasteiger charge is 2.50. The molecule has 1 spiro atoms. The minimum atomic E-state index is -3.91. The largest absolute Gasteiger partial charge is 0.347 e. The molecule has 0 aliphatic carbocycles. The van der Waals surface area contributed by atoms with E-state index in [-0.39, 0.29) is 35.3 Å². The summed E-state index contributed by atoms with van der Waals surface area (Å²) in [6.07, 6.45) is 2.96. The van der Waals surface area contributed by atoms with Crippen LogP contribution < -0.4 is 0 Å². The lowest BCUT2D eigenvalue weighted by Gasteiger charge is -2.52. The molecule has 1 atom stereocenters. The van der Waals surface area contributed by atoms with E-state index in [0.717, 1.165) is 37.6 Å². The average Bonchev–Trinajstić information content (AvgIpc) is 2.64. The number of hydrogen-bond acceptors (Lipinski definition) is 4. The average molecular weight is 416 g/mol. The van der Waals surface area contributed by atoms with Gasteiger partial charge in [-0.1, -0.05) is 0 Å². The Morgan fingerprint density at radius 3 is 2.32 bits per heavy atom. The molecular formula is C19H27F2N3O3S. The molecule has 1 aromatic carbocycles. The summed E-state index contributed by atoms with van der Waals surface area (Å²) in [5, 5.41) is 0. The van der Waals surface area contributed by atoms with Crippen LogP contribution in [0, 0.1) is 17.0 Å². The SMILES string of the molecule is CN(C)C(=O)C1N(C)CCCC12CCN(S(=O)(=O)c1ccc(F)c(F)c1)CC2. The van der Waals surface area contributed by atoms with Gasteiger partial charge < -0.3 is 4.90 Å². The van der Waals surface area contributed by atoms with E-state index in [9.17, 15) is 22.0 Å². The van der Waals surface area contributed by atoms with E-state index in [2.05, 4.69) is 4.90 Å². The molecule has 0 N–H and O–H groups in total. The van der Waals surface area contributed by atoms with Gasteiger partial charge in [0.25, 0.3) is 0 Å². The molecule has 28 heavy (non-hydrogen) atoms. The summed E-state index contributed by atoms with van der Waals surface area (Å²) >= 11 is 0. The first kappa shape index (κ1) is 21.1. The molecule has 1 aromatic rings. The van der Waals surface area contributed by atoms with Crippen molar-refractivity contribution in [3.63, 3.8) is 0 Å². The van der Waals surface area contributed by atoms with Crippen molar-refractivity contribution in [2.75, 3.05) is 40.8 Å². The van der Waals surface area contributed by atoms with E-state index in [1.54, 1.807) is 19.0 Å². The molecule has 0 aromatic heterocycles. The zero-order valence-corrected chi connectivity index (χ0v) is 17.3. The van der Waals surface area contributed by atoms with Crippen molar-refractivity contribution < 1.29 is 22.0 Å². The second-order valence-corrected chi connectivity index (χ2v) is 10.00. The first-order valence-corrected chi connectivity index (χ1v) is 10.9. The number of benzene rings is 1. The van der Waals surface area contributed by atoms with Gasteiger partial charge in [0.15, 0.2) is 11.6 Å². The van der Waals surface area contributed by atoms with Crippen LogP contribution in [0.5, 0.6) is 0 Å². The maximum Gasteiger partial charge on any atom is 0.243 e. The fraction of sp³-hybridized carbons (Fsp3) is 0.632. The van der Waals surface area contributed by atoms with Gasteiger partial charge in [0.1, 0.15) is 0 Å². The number of likely N-dealkylation sites (tertiary alicyclic amines) is 1. The Kier molecular flexibility index (Phi) is 5.80. The van der Waals surface area contributed by atoms with Crippen molar-refractivity contribution >= 4 is 15.9 Å². The van der Waals surface area contributed by atoms with Crippen molar-refractivity contribution in [2.45, 2.75) is 36.6 Å². The fourth-order valence-corrected chi connectivity index (χ4v) is 6.04. The first-order chi connectivity index (χ1) is 13.1. The molecule has 2 fully saturated rings. The molecule has 9 heteroatoms. The number of sulfonamides is 1. The molecule has 2 heterocycles. The Balaban J connectivity index is 1.82. The van der Waals surface area contributed by atoms with Crippen molar-refractivity contribution in [2.24, 2.45) is 5.41 Å². The smallest absolute Gasteiger partial charge is 0.243 e. The van der Waals surface area contributed by atoms with Crippen LogP contribution in [-0.4, -0.2) is 75.2 Å². The second kappa shape index (κ2) is 7.68. The lowest BCUT2D eigenvalue weighted by molar-refractivity contribution is -0.143. The van der Waals surface area contributed by atoms with Crippen LogP contribution in [0.25, 0.3) is 0 Å². The van der Waals surface area contributed by atoms with E-state index in [1.165, 1.54) is 4.31 Å². The molecule has 2 aliphatic rings. The fourth-order valence-electron chi connectivity index (χ4n) is 4.59. The van der Waals surface area contributed by atoms with E-state index < -0.39 is 21.7 Å². The Morgan fingerprint density at radius 1 is 1.11 bits per heavy atom. The van der Waals surface area contributed by atoms with Crippen LogP contribution in [0.2, 0.25) is 0 Å². The summed E-state index contributed by atoms with van der Waals surface area (Å²) < 4.78 is 53.7. The molecule has 3 rings (SSSR count). The van der Waals surface area contributed by atoms with Crippen LogP contribution in [0.15, 0.2) is 23.1 Å². The third kappa shape index (κ3) is 3.67. The molecule has 6 nitrogen and oxygen atoms in total. The summed E-state index contributed by atoms with van der Waals surface area (Å²) in [7, 11) is 1.51. The highest BCUT2D eigenvalue weighted by molar-refractivity contribution is 7.89. The quantitative estimate of drug-likeness (QED) is 0.757. The van der Waals surface area contributed by atoms with Crippen molar-refractivity contribution in [3.05, 3.63) is 29.8 Å². The number of nitrogens with zero attached hydrogens (tertiary/aromatic N) is 3. The van der Waals surface area contributed by atoms with Gasteiger partial charge >= 0.3 is 0 Å². The van der Waals surface area contributed by atoms with Crippen molar-refractivity contribution in [3.8, 4) is 0 Å². The van der Waals surface area contributed by atoms with Gasteiger partial charge in [0.2, 0.25) is 15.9 Å². The topological polar surface area (TPSA) is 60.9 Å². The van der Waals surface area contributed by atoms with Gasteiger partial charge in [0.05, 0.1) is 10.9 Å².